The Morgan fingerprint density at radius 1 is 1.07 bits per heavy atom. The molecule has 2 atom stereocenters. The first-order valence-corrected chi connectivity index (χ1v) is 17.0. The lowest BCUT2D eigenvalue weighted by molar-refractivity contribution is -0.144. The minimum Gasteiger partial charge on any atom is -0.398 e. The van der Waals surface area contributed by atoms with E-state index in [9.17, 15) is 4.79 Å². The largest absolute Gasteiger partial charge is 0.398 e. The number of aromatic nitrogens is 1. The molecule has 4 fully saturated rings. The van der Waals surface area contributed by atoms with Crippen molar-refractivity contribution in [3.63, 3.8) is 0 Å². The Balaban J connectivity index is 1.39. The van der Waals surface area contributed by atoms with Gasteiger partial charge in [0, 0.05) is 67.7 Å². The van der Waals surface area contributed by atoms with E-state index in [-0.39, 0.29) is 11.8 Å². The highest BCUT2D eigenvalue weighted by Gasteiger charge is 2.42. The van der Waals surface area contributed by atoms with Crippen molar-refractivity contribution in [2.24, 2.45) is 28.5 Å². The molecule has 7 nitrogen and oxygen atoms in total. The summed E-state index contributed by atoms with van der Waals surface area (Å²) in [7, 11) is 0. The fourth-order valence-corrected chi connectivity index (χ4v) is 7.60. The van der Waals surface area contributed by atoms with Crippen molar-refractivity contribution in [1.82, 2.24) is 14.8 Å². The third-order valence-electron chi connectivity index (χ3n) is 10.3. The molecule has 1 aromatic carbocycles. The zero-order chi connectivity index (χ0) is 32.3. The van der Waals surface area contributed by atoms with E-state index in [1.54, 1.807) is 0 Å². The van der Waals surface area contributed by atoms with E-state index in [1.165, 1.54) is 24.0 Å². The maximum Gasteiger partial charge on any atom is 0.232 e. The van der Waals surface area contributed by atoms with E-state index < -0.39 is 5.41 Å². The standard InChI is InChI=1S/C38H54N6O/c1-25(2)19-26(3)20-33(27(4)22-42-37(40)43-18-15-30(24-43)29-13-16-41-17-14-29)34-21-31(9-12-35(34)39)38(5,6)36(45)44-23-28-7-10-32(44)11-8-28/h9,12-14,16-17,19-21,25,27-28,30,32H,7-8,10-11,15,18,22-24,39H2,1-6H3,(H2,40,42)/b26-19+,33-20+. The minimum atomic E-state index is -0.652. The van der Waals surface area contributed by atoms with Crippen LogP contribution in [-0.2, 0) is 10.2 Å². The fraction of sp³-hybridized carbons (Fsp3) is 0.553. The van der Waals surface area contributed by atoms with Crippen molar-refractivity contribution in [2.75, 3.05) is 31.9 Å². The van der Waals surface area contributed by atoms with Gasteiger partial charge >= 0.3 is 0 Å². The molecular formula is C38H54N6O. The summed E-state index contributed by atoms with van der Waals surface area (Å²) < 4.78 is 0. The van der Waals surface area contributed by atoms with E-state index in [0.717, 1.165) is 55.6 Å². The number of allylic oxidation sites excluding steroid dienone is 3. The first kappa shape index (κ1) is 32.8. The second-order valence-electron chi connectivity index (χ2n) is 14.6. The summed E-state index contributed by atoms with van der Waals surface area (Å²) in [5.41, 5.74) is 18.9. The predicted molar refractivity (Wildman–Crippen MR) is 187 cm³/mol. The Labute approximate surface area is 270 Å². The number of fused-ring (bicyclic) bond motifs is 3. The molecule has 6 rings (SSSR count). The molecule has 4 aliphatic rings. The predicted octanol–water partition coefficient (Wildman–Crippen LogP) is 6.77. The number of aliphatic imine (C=N–C) groups is 1. The molecule has 2 unspecified atom stereocenters. The SMILES string of the molecule is CC(=C\C(C)C)/C=C(/c1cc(C(C)(C)C(=O)N2CC3CCC2CC3)ccc1N)C(C)CN=C(N)N1CCC(c2ccncc2)C1. The van der Waals surface area contributed by atoms with Gasteiger partial charge in [0.05, 0.1) is 5.41 Å². The molecule has 2 bridgehead atoms. The van der Waals surface area contributed by atoms with Gasteiger partial charge in [-0.05, 0) is 106 Å². The monoisotopic (exact) mass is 610 g/mol. The smallest absolute Gasteiger partial charge is 0.232 e. The number of guanidine groups is 1. The summed E-state index contributed by atoms with van der Waals surface area (Å²) in [5.74, 6) is 2.40. The average molecular weight is 611 g/mol. The molecule has 4 N–H and O–H groups in total. The molecule has 7 heteroatoms. The second-order valence-corrected chi connectivity index (χ2v) is 14.6. The van der Waals surface area contributed by atoms with Gasteiger partial charge in [-0.2, -0.15) is 0 Å². The molecule has 1 aliphatic carbocycles. The Morgan fingerprint density at radius 2 is 1.78 bits per heavy atom. The maximum atomic E-state index is 14.1. The number of nitrogens with zero attached hydrogens (tertiary/aromatic N) is 4. The third kappa shape index (κ3) is 7.45. The van der Waals surface area contributed by atoms with Crippen LogP contribution in [0.25, 0.3) is 5.57 Å². The number of hydrogen-bond donors (Lipinski definition) is 2. The number of amides is 1. The van der Waals surface area contributed by atoms with Crippen molar-refractivity contribution < 1.29 is 4.79 Å². The Bertz CT molecular complexity index is 1430. The van der Waals surface area contributed by atoms with Crippen molar-refractivity contribution in [2.45, 2.75) is 91.0 Å². The van der Waals surface area contributed by atoms with Crippen LogP contribution in [0.5, 0.6) is 0 Å². The number of piperidine rings is 2. The molecule has 0 radical (unpaired) electrons. The Hall–Kier alpha value is -3.61. The zero-order valence-electron chi connectivity index (χ0n) is 28.3. The Morgan fingerprint density at radius 3 is 2.42 bits per heavy atom. The summed E-state index contributed by atoms with van der Waals surface area (Å²) in [6.07, 6.45) is 14.1. The van der Waals surface area contributed by atoms with Gasteiger partial charge in [-0.25, -0.2) is 0 Å². The van der Waals surface area contributed by atoms with E-state index in [2.05, 4.69) is 86.7 Å². The molecule has 1 aromatic heterocycles. The Kier molecular flexibility index (Phi) is 10.0. The molecule has 3 saturated heterocycles. The number of likely N-dealkylation sites (tertiary alicyclic amines) is 1. The minimum absolute atomic E-state index is 0.0619. The van der Waals surface area contributed by atoms with Gasteiger partial charge in [0.15, 0.2) is 5.96 Å². The van der Waals surface area contributed by atoms with Gasteiger partial charge in [0.2, 0.25) is 5.91 Å². The number of benzene rings is 1. The third-order valence-corrected chi connectivity index (χ3v) is 10.3. The average Bonchev–Trinajstić information content (AvgIpc) is 3.53. The van der Waals surface area contributed by atoms with E-state index >= 15 is 0 Å². The lowest BCUT2D eigenvalue weighted by atomic mass is 9.76. The molecule has 0 spiro atoms. The van der Waals surface area contributed by atoms with Crippen LogP contribution < -0.4 is 11.5 Å². The normalized spacial score (nSPS) is 23.6. The quantitative estimate of drug-likeness (QED) is 0.141. The highest BCUT2D eigenvalue weighted by Crippen LogP contribution is 2.40. The first-order chi connectivity index (χ1) is 21.4. The van der Waals surface area contributed by atoms with Crippen molar-refractivity contribution in [3.8, 4) is 0 Å². The molecule has 2 aromatic rings. The second kappa shape index (κ2) is 13.8. The summed E-state index contributed by atoms with van der Waals surface area (Å²) >= 11 is 0. The fourth-order valence-electron chi connectivity index (χ4n) is 7.60. The van der Waals surface area contributed by atoms with Gasteiger partial charge < -0.3 is 21.3 Å². The number of nitrogen functional groups attached to an aromatic ring is 1. The van der Waals surface area contributed by atoms with E-state index in [4.69, 9.17) is 16.5 Å². The van der Waals surface area contributed by atoms with Gasteiger partial charge in [-0.15, -0.1) is 0 Å². The summed E-state index contributed by atoms with van der Waals surface area (Å²) in [6.45, 7) is 16.1. The van der Waals surface area contributed by atoms with Crippen LogP contribution in [0.4, 0.5) is 5.69 Å². The highest BCUT2D eigenvalue weighted by molar-refractivity contribution is 5.89. The molecule has 1 saturated carbocycles. The van der Waals surface area contributed by atoms with Crippen LogP contribution >= 0.6 is 0 Å². The van der Waals surface area contributed by atoms with Crippen LogP contribution in [0.15, 0.2) is 65.4 Å². The van der Waals surface area contributed by atoms with E-state index in [1.807, 2.05) is 24.5 Å². The number of hydrogen-bond acceptors (Lipinski definition) is 4. The maximum absolute atomic E-state index is 14.1. The number of anilines is 1. The van der Waals surface area contributed by atoms with Crippen LogP contribution in [0, 0.1) is 17.8 Å². The molecule has 45 heavy (non-hydrogen) atoms. The first-order valence-electron chi connectivity index (χ1n) is 17.0. The van der Waals surface area contributed by atoms with Crippen molar-refractivity contribution >= 4 is 23.1 Å². The molecule has 1 amide bonds. The molecular weight excluding hydrogens is 556 g/mol. The highest BCUT2D eigenvalue weighted by atomic mass is 16.2. The summed E-state index contributed by atoms with van der Waals surface area (Å²) in [6, 6.07) is 10.8. The van der Waals surface area contributed by atoms with Crippen LogP contribution in [0.3, 0.4) is 0 Å². The van der Waals surface area contributed by atoms with Gasteiger partial charge in [-0.1, -0.05) is 44.6 Å². The summed E-state index contributed by atoms with van der Waals surface area (Å²) in [4.78, 5) is 27.5. The lowest BCUT2D eigenvalue weighted by Crippen LogP contribution is -2.55. The van der Waals surface area contributed by atoms with Gasteiger partial charge in [0.25, 0.3) is 0 Å². The molecule has 242 valence electrons. The number of carbonyl (C=O) groups excluding carboxylic acids is 1. The number of pyridine rings is 1. The van der Waals surface area contributed by atoms with Gasteiger partial charge in [-0.3, -0.25) is 14.8 Å². The number of carbonyl (C=O) groups is 1. The van der Waals surface area contributed by atoms with E-state index in [0.29, 0.717) is 42.0 Å². The number of rotatable bonds is 9. The van der Waals surface area contributed by atoms with Crippen molar-refractivity contribution in [3.05, 3.63) is 77.1 Å². The molecule has 4 heterocycles. The molecule has 3 aliphatic heterocycles. The topological polar surface area (TPSA) is 101 Å². The number of nitrogens with two attached hydrogens (primary N) is 2. The van der Waals surface area contributed by atoms with Crippen LogP contribution in [-0.4, -0.2) is 58.9 Å². The van der Waals surface area contributed by atoms with Crippen LogP contribution in [0.2, 0.25) is 0 Å². The zero-order valence-corrected chi connectivity index (χ0v) is 28.3. The lowest BCUT2D eigenvalue weighted by Gasteiger charge is -2.48. The van der Waals surface area contributed by atoms with Crippen molar-refractivity contribution in [1.29, 1.82) is 0 Å². The summed E-state index contributed by atoms with van der Waals surface area (Å²) in [5, 5.41) is 0. The van der Waals surface area contributed by atoms with Gasteiger partial charge in [0.1, 0.15) is 0 Å². The van der Waals surface area contributed by atoms with Crippen LogP contribution in [0.1, 0.15) is 96.3 Å².